The number of aromatic nitrogens is 2. The monoisotopic (exact) mass is 315 g/mol. The molecular weight excluding hydrogens is 307 g/mol. The molecule has 8 heteroatoms. The number of anilines is 1. The van der Waals surface area contributed by atoms with Gasteiger partial charge in [-0.1, -0.05) is 23.7 Å². The van der Waals surface area contributed by atoms with Gasteiger partial charge in [-0.15, -0.1) is 0 Å². The highest BCUT2D eigenvalue weighted by Gasteiger charge is 2.30. The highest BCUT2D eigenvalue weighted by atomic mass is 35.5. The fraction of sp³-hybridized carbons (Fsp3) is 0.154. The zero-order valence-corrected chi connectivity index (χ0v) is 11.2. The standard InChI is InChI=1S/C13H9ClF3N3O/c14-11-10(6-21)12(20-7-19-11)18-5-8-2-1-3-9(4-8)13(15,16)17/h1-4,6-7H,5H2,(H,18,19,20). The van der Waals surface area contributed by atoms with Crippen molar-refractivity contribution in [2.45, 2.75) is 12.7 Å². The Bertz CT molecular complexity index is 661. The first-order valence-electron chi connectivity index (χ1n) is 5.77. The molecule has 0 aliphatic carbocycles. The molecule has 0 aliphatic rings. The Balaban J connectivity index is 2.18. The first-order valence-corrected chi connectivity index (χ1v) is 6.15. The molecule has 2 rings (SSSR count). The number of nitrogens with one attached hydrogen (secondary N) is 1. The second-order valence-corrected chi connectivity index (χ2v) is 4.45. The van der Waals surface area contributed by atoms with Gasteiger partial charge in [0.1, 0.15) is 17.3 Å². The number of carbonyl (C=O) groups excluding carboxylic acids is 1. The highest BCUT2D eigenvalue weighted by Crippen LogP contribution is 2.29. The molecule has 21 heavy (non-hydrogen) atoms. The summed E-state index contributed by atoms with van der Waals surface area (Å²) in [7, 11) is 0. The molecule has 0 amide bonds. The zero-order valence-electron chi connectivity index (χ0n) is 10.5. The van der Waals surface area contributed by atoms with Gasteiger partial charge in [0.05, 0.1) is 11.1 Å². The van der Waals surface area contributed by atoms with E-state index < -0.39 is 11.7 Å². The molecule has 1 N–H and O–H groups in total. The lowest BCUT2D eigenvalue weighted by atomic mass is 10.1. The molecule has 0 radical (unpaired) electrons. The van der Waals surface area contributed by atoms with Crippen LogP contribution in [0.1, 0.15) is 21.5 Å². The van der Waals surface area contributed by atoms with Crippen LogP contribution in [0.4, 0.5) is 19.0 Å². The van der Waals surface area contributed by atoms with Crippen molar-refractivity contribution < 1.29 is 18.0 Å². The molecule has 0 fully saturated rings. The first-order chi connectivity index (χ1) is 9.91. The Labute approximate surface area is 123 Å². The fourth-order valence-corrected chi connectivity index (χ4v) is 1.84. The molecule has 0 spiro atoms. The largest absolute Gasteiger partial charge is 0.416 e. The van der Waals surface area contributed by atoms with Crippen molar-refractivity contribution in [3.63, 3.8) is 0 Å². The number of halogens is 4. The average molecular weight is 316 g/mol. The van der Waals surface area contributed by atoms with Gasteiger partial charge in [-0.25, -0.2) is 9.97 Å². The van der Waals surface area contributed by atoms with Crippen LogP contribution in [0.15, 0.2) is 30.6 Å². The van der Waals surface area contributed by atoms with Crippen LogP contribution in [-0.4, -0.2) is 16.3 Å². The van der Waals surface area contributed by atoms with Crippen LogP contribution in [0.25, 0.3) is 0 Å². The number of hydrogen-bond donors (Lipinski definition) is 1. The summed E-state index contributed by atoms with van der Waals surface area (Å²) in [4.78, 5) is 18.4. The molecular formula is C13H9ClF3N3O. The van der Waals surface area contributed by atoms with E-state index in [1.807, 2.05) is 0 Å². The Kier molecular flexibility index (Phi) is 4.42. The lowest BCUT2D eigenvalue weighted by molar-refractivity contribution is -0.137. The van der Waals surface area contributed by atoms with Crippen molar-refractivity contribution in [1.82, 2.24) is 9.97 Å². The van der Waals surface area contributed by atoms with E-state index in [0.29, 0.717) is 11.8 Å². The molecule has 0 saturated heterocycles. The van der Waals surface area contributed by atoms with Crippen molar-refractivity contribution in [3.05, 3.63) is 52.4 Å². The summed E-state index contributed by atoms with van der Waals surface area (Å²) < 4.78 is 37.8. The van der Waals surface area contributed by atoms with Crippen molar-refractivity contribution >= 4 is 23.7 Å². The van der Waals surface area contributed by atoms with E-state index in [9.17, 15) is 18.0 Å². The average Bonchev–Trinajstić information content (AvgIpc) is 2.44. The summed E-state index contributed by atoms with van der Waals surface area (Å²) in [5, 5.41) is 2.74. The summed E-state index contributed by atoms with van der Waals surface area (Å²) in [6, 6.07) is 4.86. The van der Waals surface area contributed by atoms with Crippen LogP contribution in [0, 0.1) is 0 Å². The normalized spacial score (nSPS) is 11.2. The van der Waals surface area contributed by atoms with Crippen molar-refractivity contribution in [1.29, 1.82) is 0 Å². The summed E-state index contributed by atoms with van der Waals surface area (Å²) in [6.07, 6.45) is -2.76. The van der Waals surface area contributed by atoms with E-state index in [4.69, 9.17) is 11.6 Å². The molecule has 4 nitrogen and oxygen atoms in total. The van der Waals surface area contributed by atoms with Gasteiger partial charge >= 0.3 is 6.18 Å². The van der Waals surface area contributed by atoms with E-state index in [0.717, 1.165) is 18.5 Å². The molecule has 0 unspecified atom stereocenters. The first kappa shape index (κ1) is 15.2. The maximum Gasteiger partial charge on any atom is 0.416 e. The van der Waals surface area contributed by atoms with Gasteiger partial charge in [0.2, 0.25) is 0 Å². The molecule has 1 aromatic heterocycles. The molecule has 1 heterocycles. The second kappa shape index (κ2) is 6.09. The smallest absolute Gasteiger partial charge is 0.365 e. The third-order valence-corrected chi connectivity index (χ3v) is 2.97. The van der Waals surface area contributed by atoms with Crippen LogP contribution < -0.4 is 5.32 Å². The number of nitrogens with zero attached hydrogens (tertiary/aromatic N) is 2. The number of alkyl halides is 3. The predicted octanol–water partition coefficient (Wildman–Crippen LogP) is 3.57. The summed E-state index contributed by atoms with van der Waals surface area (Å²) in [6.45, 7) is 0.0676. The van der Waals surface area contributed by atoms with Crippen LogP contribution >= 0.6 is 11.6 Å². The third-order valence-electron chi connectivity index (χ3n) is 2.67. The maximum atomic E-state index is 12.6. The fourth-order valence-electron chi connectivity index (χ4n) is 1.66. The third kappa shape index (κ3) is 3.69. The van der Waals surface area contributed by atoms with Gasteiger partial charge in [-0.2, -0.15) is 13.2 Å². The van der Waals surface area contributed by atoms with Crippen LogP contribution in [-0.2, 0) is 12.7 Å². The van der Waals surface area contributed by atoms with E-state index in [1.165, 1.54) is 12.1 Å². The molecule has 110 valence electrons. The predicted molar refractivity (Wildman–Crippen MR) is 71.2 cm³/mol. The number of benzene rings is 1. The number of aldehydes is 1. The quantitative estimate of drug-likeness (QED) is 0.692. The van der Waals surface area contributed by atoms with Crippen LogP contribution in [0.3, 0.4) is 0 Å². The Morgan fingerprint density at radius 3 is 2.71 bits per heavy atom. The Morgan fingerprint density at radius 2 is 2.05 bits per heavy atom. The van der Waals surface area contributed by atoms with Gasteiger partial charge < -0.3 is 5.32 Å². The van der Waals surface area contributed by atoms with Crippen molar-refractivity contribution in [2.24, 2.45) is 0 Å². The molecule has 1 aromatic carbocycles. The highest BCUT2D eigenvalue weighted by molar-refractivity contribution is 6.32. The lowest BCUT2D eigenvalue weighted by Gasteiger charge is -2.11. The summed E-state index contributed by atoms with van der Waals surface area (Å²) in [5.74, 6) is 0.169. The molecule has 0 atom stereocenters. The van der Waals surface area contributed by atoms with Gasteiger partial charge in [0, 0.05) is 6.54 Å². The minimum absolute atomic E-state index is 0.0217. The molecule has 0 bridgehead atoms. The maximum absolute atomic E-state index is 12.6. The number of rotatable bonds is 4. The lowest BCUT2D eigenvalue weighted by Crippen LogP contribution is -2.08. The van der Waals surface area contributed by atoms with Crippen LogP contribution in [0.5, 0.6) is 0 Å². The van der Waals surface area contributed by atoms with Crippen LogP contribution in [0.2, 0.25) is 5.15 Å². The van der Waals surface area contributed by atoms with Gasteiger partial charge in [-0.3, -0.25) is 4.79 Å². The van der Waals surface area contributed by atoms with E-state index in [1.54, 1.807) is 0 Å². The summed E-state index contributed by atoms with van der Waals surface area (Å²) >= 11 is 5.73. The summed E-state index contributed by atoms with van der Waals surface area (Å²) in [5.41, 5.74) is -0.277. The topological polar surface area (TPSA) is 54.9 Å². The van der Waals surface area contributed by atoms with Gasteiger partial charge in [-0.05, 0) is 17.7 Å². The van der Waals surface area contributed by atoms with E-state index in [-0.39, 0.29) is 23.1 Å². The van der Waals surface area contributed by atoms with E-state index >= 15 is 0 Å². The molecule has 2 aromatic rings. The minimum atomic E-state index is -4.40. The molecule has 0 saturated carbocycles. The zero-order chi connectivity index (χ0) is 15.5. The van der Waals surface area contributed by atoms with Gasteiger partial charge in [0.25, 0.3) is 0 Å². The Hall–Kier alpha value is -2.15. The van der Waals surface area contributed by atoms with E-state index in [2.05, 4.69) is 15.3 Å². The Morgan fingerprint density at radius 1 is 1.29 bits per heavy atom. The van der Waals surface area contributed by atoms with Crippen molar-refractivity contribution in [2.75, 3.05) is 5.32 Å². The minimum Gasteiger partial charge on any atom is -0.365 e. The number of carbonyl (C=O) groups is 1. The SMILES string of the molecule is O=Cc1c(Cl)ncnc1NCc1cccc(C(F)(F)F)c1. The van der Waals surface area contributed by atoms with Crippen molar-refractivity contribution in [3.8, 4) is 0 Å². The second-order valence-electron chi connectivity index (χ2n) is 4.10. The van der Waals surface area contributed by atoms with Gasteiger partial charge in [0.15, 0.2) is 6.29 Å². The number of hydrogen-bond acceptors (Lipinski definition) is 4. The molecule has 0 aliphatic heterocycles.